The molecule has 22 heavy (non-hydrogen) atoms. The topological polar surface area (TPSA) is 58.4 Å². The van der Waals surface area contributed by atoms with Crippen molar-refractivity contribution in [1.29, 1.82) is 0 Å². The molecule has 1 heterocycles. The van der Waals surface area contributed by atoms with Crippen LogP contribution in [0.1, 0.15) is 31.7 Å². The van der Waals surface area contributed by atoms with E-state index >= 15 is 0 Å². The van der Waals surface area contributed by atoms with Crippen LogP contribution in [0.4, 0.5) is 0 Å². The highest BCUT2D eigenvalue weighted by atomic mass is 35.5. The second-order valence-corrected chi connectivity index (χ2v) is 5.51. The fourth-order valence-corrected chi connectivity index (χ4v) is 2.69. The number of nitrogens with two attached hydrogens (primary N) is 1. The van der Waals surface area contributed by atoms with E-state index in [0.717, 1.165) is 19.5 Å². The number of nitrogens with zero attached hydrogens (tertiary/aromatic N) is 1. The van der Waals surface area contributed by atoms with Crippen LogP contribution < -0.4 is 11.1 Å². The first kappa shape index (κ1) is 21.2. The average molecular weight is 348 g/mol. The van der Waals surface area contributed by atoms with Gasteiger partial charge in [-0.2, -0.15) is 0 Å². The quantitative estimate of drug-likeness (QED) is 0.830. The summed E-state index contributed by atoms with van der Waals surface area (Å²) in [6.45, 7) is 4.71. The van der Waals surface area contributed by atoms with Crippen LogP contribution in [0.25, 0.3) is 0 Å². The lowest BCUT2D eigenvalue weighted by molar-refractivity contribution is -0.122. The molecule has 0 saturated carbocycles. The summed E-state index contributed by atoms with van der Waals surface area (Å²) in [6.07, 6.45) is 3.03. The molecule has 0 aromatic heterocycles. The molecule has 4 nitrogen and oxygen atoms in total. The lowest BCUT2D eigenvalue weighted by Crippen LogP contribution is -2.45. The van der Waals surface area contributed by atoms with Gasteiger partial charge in [-0.25, -0.2) is 0 Å². The molecule has 126 valence electrons. The van der Waals surface area contributed by atoms with E-state index in [0.29, 0.717) is 19.0 Å². The minimum atomic E-state index is -0.376. The molecule has 1 aliphatic rings. The third kappa shape index (κ3) is 6.13. The van der Waals surface area contributed by atoms with Crippen LogP contribution in [0.15, 0.2) is 30.3 Å². The lowest BCUT2D eigenvalue weighted by Gasteiger charge is -2.25. The first-order valence-electron chi connectivity index (χ1n) is 7.52. The molecule has 1 amide bonds. The van der Waals surface area contributed by atoms with E-state index in [1.165, 1.54) is 12.0 Å². The Morgan fingerprint density at radius 2 is 2.05 bits per heavy atom. The van der Waals surface area contributed by atoms with Gasteiger partial charge in [-0.3, -0.25) is 9.69 Å². The van der Waals surface area contributed by atoms with Crippen LogP contribution in [-0.2, 0) is 11.3 Å². The van der Waals surface area contributed by atoms with Crippen molar-refractivity contribution >= 4 is 30.7 Å². The Labute approximate surface area is 145 Å². The summed E-state index contributed by atoms with van der Waals surface area (Å²) in [4.78, 5) is 14.2. The predicted octanol–water partition coefficient (Wildman–Crippen LogP) is 2.35. The normalized spacial score (nSPS) is 18.9. The summed E-state index contributed by atoms with van der Waals surface area (Å²) >= 11 is 0. The third-order valence-corrected chi connectivity index (χ3v) is 4.02. The molecule has 0 bridgehead atoms. The summed E-state index contributed by atoms with van der Waals surface area (Å²) in [7, 11) is 0. The van der Waals surface area contributed by atoms with Gasteiger partial charge in [-0.05, 0) is 31.4 Å². The molecule has 1 fully saturated rings. The van der Waals surface area contributed by atoms with E-state index in [9.17, 15) is 4.79 Å². The molecule has 3 N–H and O–H groups in total. The number of amides is 1. The Morgan fingerprint density at radius 1 is 1.36 bits per heavy atom. The molecule has 1 saturated heterocycles. The van der Waals surface area contributed by atoms with Gasteiger partial charge in [0.1, 0.15) is 0 Å². The number of nitrogens with one attached hydrogen (secondary N) is 1. The van der Waals surface area contributed by atoms with Crippen molar-refractivity contribution in [2.75, 3.05) is 13.1 Å². The van der Waals surface area contributed by atoms with Crippen LogP contribution in [0.3, 0.4) is 0 Å². The summed E-state index contributed by atoms with van der Waals surface area (Å²) in [6, 6.07) is 10.5. The zero-order valence-corrected chi connectivity index (χ0v) is 14.7. The van der Waals surface area contributed by atoms with E-state index in [1.54, 1.807) is 0 Å². The molecular formula is C16H27Cl2N3O. The van der Waals surface area contributed by atoms with Crippen LogP contribution in [0, 0.1) is 0 Å². The molecule has 0 aliphatic carbocycles. The highest BCUT2D eigenvalue weighted by Gasteiger charge is 2.25. The summed E-state index contributed by atoms with van der Waals surface area (Å²) in [5, 5.41) is 2.99. The van der Waals surface area contributed by atoms with E-state index in [-0.39, 0.29) is 36.8 Å². The summed E-state index contributed by atoms with van der Waals surface area (Å²) < 4.78 is 0. The second-order valence-electron chi connectivity index (χ2n) is 5.51. The molecule has 6 heteroatoms. The van der Waals surface area contributed by atoms with Crippen molar-refractivity contribution in [3.05, 3.63) is 35.9 Å². The smallest absolute Gasteiger partial charge is 0.236 e. The number of likely N-dealkylation sites (tertiary alicyclic amines) is 1. The SMILES string of the molecule is CC[C@H](N)C(=O)NCC1CCCN1Cc1ccccc1.Cl.Cl. The van der Waals surface area contributed by atoms with Gasteiger partial charge in [-0.15, -0.1) is 24.8 Å². The van der Waals surface area contributed by atoms with Gasteiger partial charge >= 0.3 is 0 Å². The van der Waals surface area contributed by atoms with Gasteiger partial charge in [0, 0.05) is 19.1 Å². The maximum atomic E-state index is 11.7. The van der Waals surface area contributed by atoms with Gasteiger partial charge in [0.25, 0.3) is 0 Å². The number of carbonyl (C=O) groups is 1. The predicted molar refractivity (Wildman–Crippen MR) is 95.6 cm³/mol. The highest BCUT2D eigenvalue weighted by molar-refractivity contribution is 5.85. The Bertz CT molecular complexity index is 431. The Kier molecular flexibility index (Phi) is 10.4. The Balaban J connectivity index is 0.00000220. The molecule has 1 aliphatic heterocycles. The number of halogens is 2. The summed E-state index contributed by atoms with van der Waals surface area (Å²) in [5.74, 6) is -0.0286. The molecule has 2 atom stereocenters. The maximum Gasteiger partial charge on any atom is 0.236 e. The van der Waals surface area contributed by atoms with Gasteiger partial charge < -0.3 is 11.1 Å². The van der Waals surface area contributed by atoms with Crippen molar-refractivity contribution in [3.63, 3.8) is 0 Å². The van der Waals surface area contributed by atoms with Crippen molar-refractivity contribution in [1.82, 2.24) is 10.2 Å². The minimum absolute atomic E-state index is 0. The van der Waals surface area contributed by atoms with Crippen molar-refractivity contribution in [2.24, 2.45) is 5.73 Å². The number of hydrogen-bond acceptors (Lipinski definition) is 3. The van der Waals surface area contributed by atoms with Crippen molar-refractivity contribution in [2.45, 2.75) is 44.8 Å². The Hall–Kier alpha value is -0.810. The number of carbonyl (C=O) groups excluding carboxylic acids is 1. The van der Waals surface area contributed by atoms with Crippen molar-refractivity contribution < 1.29 is 4.79 Å². The molecule has 0 spiro atoms. The van der Waals surface area contributed by atoms with E-state index in [2.05, 4.69) is 34.5 Å². The van der Waals surface area contributed by atoms with Gasteiger partial charge in [-0.1, -0.05) is 37.3 Å². The van der Waals surface area contributed by atoms with Gasteiger partial charge in [0.2, 0.25) is 5.91 Å². The van der Waals surface area contributed by atoms with Gasteiger partial charge in [0.15, 0.2) is 0 Å². The van der Waals surface area contributed by atoms with Crippen LogP contribution in [0.2, 0.25) is 0 Å². The molecule has 1 aromatic carbocycles. The third-order valence-electron chi connectivity index (χ3n) is 4.02. The highest BCUT2D eigenvalue weighted by Crippen LogP contribution is 2.19. The zero-order valence-electron chi connectivity index (χ0n) is 13.0. The molecule has 0 radical (unpaired) electrons. The van der Waals surface area contributed by atoms with Crippen LogP contribution >= 0.6 is 24.8 Å². The lowest BCUT2D eigenvalue weighted by atomic mass is 10.1. The Morgan fingerprint density at radius 3 is 2.68 bits per heavy atom. The largest absolute Gasteiger partial charge is 0.353 e. The second kappa shape index (κ2) is 10.8. The number of rotatable bonds is 6. The molecule has 2 rings (SSSR count). The van der Waals surface area contributed by atoms with E-state index in [1.807, 2.05) is 13.0 Å². The van der Waals surface area contributed by atoms with E-state index in [4.69, 9.17) is 5.73 Å². The number of hydrogen-bond donors (Lipinski definition) is 2. The minimum Gasteiger partial charge on any atom is -0.353 e. The fraction of sp³-hybridized carbons (Fsp3) is 0.562. The fourth-order valence-electron chi connectivity index (χ4n) is 2.69. The maximum absolute atomic E-state index is 11.7. The average Bonchev–Trinajstić information content (AvgIpc) is 2.92. The summed E-state index contributed by atoms with van der Waals surface area (Å²) in [5.41, 5.74) is 7.06. The standard InChI is InChI=1S/C16H25N3O.2ClH/c1-2-15(17)16(20)18-11-14-9-6-10-19(14)12-13-7-4-3-5-8-13;;/h3-5,7-8,14-15H,2,6,9-12,17H2,1H3,(H,18,20);2*1H/t14?,15-;;/m0../s1. The van der Waals surface area contributed by atoms with Crippen molar-refractivity contribution in [3.8, 4) is 0 Å². The van der Waals surface area contributed by atoms with Crippen LogP contribution in [-0.4, -0.2) is 36.0 Å². The monoisotopic (exact) mass is 347 g/mol. The van der Waals surface area contributed by atoms with E-state index < -0.39 is 0 Å². The zero-order chi connectivity index (χ0) is 14.4. The van der Waals surface area contributed by atoms with Crippen LogP contribution in [0.5, 0.6) is 0 Å². The molecule has 1 unspecified atom stereocenters. The molecular weight excluding hydrogens is 321 g/mol. The molecule has 1 aromatic rings. The first-order chi connectivity index (χ1) is 9.70. The first-order valence-corrected chi connectivity index (χ1v) is 7.52. The number of benzene rings is 1. The van der Waals surface area contributed by atoms with Gasteiger partial charge in [0.05, 0.1) is 6.04 Å².